The molecular formula is C9H17N6O2S. The number of rotatable bonds is 8. The molecule has 18 heavy (non-hydrogen) atoms. The number of aryl methyl sites for hydroxylation is 1. The zero-order valence-electron chi connectivity index (χ0n) is 10.5. The summed E-state index contributed by atoms with van der Waals surface area (Å²) in [4.78, 5) is 12.2. The van der Waals surface area contributed by atoms with Crippen LogP contribution in [0.5, 0.6) is 0 Å². The number of amides is 1. The van der Waals surface area contributed by atoms with Crippen LogP contribution in [0, 0.1) is 0 Å². The van der Waals surface area contributed by atoms with Crippen LogP contribution in [0.15, 0.2) is 5.16 Å². The molecule has 0 saturated heterocycles. The van der Waals surface area contributed by atoms with Gasteiger partial charge in [-0.15, -0.1) is 5.10 Å². The summed E-state index contributed by atoms with van der Waals surface area (Å²) in [6.45, 7) is 2.04. The summed E-state index contributed by atoms with van der Waals surface area (Å²) in [7, 11) is 4.03. The van der Waals surface area contributed by atoms with Crippen molar-refractivity contribution in [3.05, 3.63) is 0 Å². The smallest absolute Gasteiger partial charge is 0.318 e. The van der Waals surface area contributed by atoms with Crippen molar-refractivity contribution in [1.82, 2.24) is 30.4 Å². The van der Waals surface area contributed by atoms with Crippen molar-refractivity contribution >= 4 is 17.9 Å². The highest BCUT2D eigenvalue weighted by Crippen LogP contribution is 2.12. The third-order valence-corrected chi connectivity index (χ3v) is 3.04. The van der Waals surface area contributed by atoms with E-state index in [1.165, 1.54) is 11.8 Å². The first-order chi connectivity index (χ1) is 8.59. The summed E-state index contributed by atoms with van der Waals surface area (Å²) >= 11 is 1.41. The second-order valence-electron chi connectivity index (χ2n) is 3.90. The Labute approximate surface area is 110 Å². The fourth-order valence-electron chi connectivity index (χ4n) is 1.27. The summed E-state index contributed by atoms with van der Waals surface area (Å²) in [5.41, 5.74) is 0. The average molecular weight is 273 g/mol. The summed E-state index contributed by atoms with van der Waals surface area (Å²) < 4.78 is 1.73. The number of carbonyl (C=O) groups excluding carboxylic acids is 1. The molecule has 0 aliphatic carbocycles. The summed E-state index contributed by atoms with van der Waals surface area (Å²) in [6.07, 6.45) is -0.302. The molecule has 9 heteroatoms. The Morgan fingerprint density at radius 3 is 2.94 bits per heavy atom. The molecule has 0 atom stereocenters. The average Bonchev–Trinajstić information content (AvgIpc) is 2.71. The van der Waals surface area contributed by atoms with Gasteiger partial charge in [0.1, 0.15) is 0 Å². The van der Waals surface area contributed by atoms with E-state index < -0.39 is 6.09 Å². The maximum Gasteiger partial charge on any atom is 0.450 e. The topological polar surface area (TPSA) is 95.8 Å². The van der Waals surface area contributed by atoms with Crippen LogP contribution in [0.4, 0.5) is 4.79 Å². The second-order valence-corrected chi connectivity index (χ2v) is 4.97. The van der Waals surface area contributed by atoms with Gasteiger partial charge in [0.2, 0.25) is 5.16 Å². The van der Waals surface area contributed by atoms with Gasteiger partial charge < -0.3 is 10.2 Å². The summed E-state index contributed by atoms with van der Waals surface area (Å²) in [5.74, 6) is 0.571. The van der Waals surface area contributed by atoms with Gasteiger partial charge in [0.05, 0.1) is 0 Å². The van der Waals surface area contributed by atoms with Gasteiger partial charge in [-0.25, -0.2) is 14.6 Å². The first kappa shape index (κ1) is 14.7. The molecule has 1 radical (unpaired) electrons. The number of tetrazole rings is 1. The Kier molecular flexibility index (Phi) is 6.44. The van der Waals surface area contributed by atoms with E-state index in [1.807, 2.05) is 14.1 Å². The number of carbonyl (C=O) groups is 1. The number of nitrogens with one attached hydrogen (secondary N) is 1. The zero-order chi connectivity index (χ0) is 13.4. The number of hydrogen-bond donors (Lipinski definition) is 1. The molecule has 1 N–H and O–H groups in total. The summed E-state index contributed by atoms with van der Waals surface area (Å²) in [5, 5.41) is 24.4. The Morgan fingerprint density at radius 1 is 1.50 bits per heavy atom. The van der Waals surface area contributed by atoms with Crippen LogP contribution >= 0.6 is 11.8 Å². The van der Waals surface area contributed by atoms with Crippen LogP contribution < -0.4 is 5.32 Å². The highest BCUT2D eigenvalue weighted by Gasteiger charge is 2.06. The first-order valence-corrected chi connectivity index (χ1v) is 6.56. The lowest BCUT2D eigenvalue weighted by Gasteiger charge is -2.09. The van der Waals surface area contributed by atoms with E-state index in [2.05, 4.69) is 25.7 Å². The van der Waals surface area contributed by atoms with E-state index >= 15 is 0 Å². The van der Waals surface area contributed by atoms with Gasteiger partial charge in [-0.2, -0.15) is 0 Å². The van der Waals surface area contributed by atoms with Crippen molar-refractivity contribution in [2.24, 2.45) is 0 Å². The second kappa shape index (κ2) is 7.88. The van der Waals surface area contributed by atoms with Gasteiger partial charge in [-0.1, -0.05) is 11.8 Å². The predicted molar refractivity (Wildman–Crippen MR) is 65.8 cm³/mol. The van der Waals surface area contributed by atoms with Crippen LogP contribution in [0.3, 0.4) is 0 Å². The standard InChI is InChI=1S/C9H17N6O2S/c1-14(2)5-3-6-15-8(11-12-13-15)18-7-4-10-9(16)17/h10H,3-7H2,1-2H3. The molecule has 1 aromatic rings. The zero-order valence-corrected chi connectivity index (χ0v) is 11.3. The Bertz CT molecular complexity index is 370. The van der Waals surface area contributed by atoms with E-state index in [0.29, 0.717) is 17.5 Å². The number of aromatic nitrogens is 4. The molecule has 101 valence electrons. The lowest BCUT2D eigenvalue weighted by atomic mass is 10.4. The molecule has 1 aromatic heterocycles. The van der Waals surface area contributed by atoms with Crippen molar-refractivity contribution in [2.45, 2.75) is 18.1 Å². The Morgan fingerprint density at radius 2 is 2.28 bits per heavy atom. The highest BCUT2D eigenvalue weighted by molar-refractivity contribution is 7.99. The monoisotopic (exact) mass is 273 g/mol. The molecule has 1 amide bonds. The minimum absolute atomic E-state index is 0.317. The third-order valence-electron chi connectivity index (χ3n) is 2.08. The minimum Gasteiger partial charge on any atom is -0.318 e. The SMILES string of the molecule is CN(C)CCCn1nnnc1SCCNC([O])=O. The molecular weight excluding hydrogens is 256 g/mol. The van der Waals surface area contributed by atoms with Crippen molar-refractivity contribution in [2.75, 3.05) is 32.9 Å². The van der Waals surface area contributed by atoms with Gasteiger partial charge in [0, 0.05) is 18.8 Å². The lowest BCUT2D eigenvalue weighted by Crippen LogP contribution is -2.22. The molecule has 0 bridgehead atoms. The van der Waals surface area contributed by atoms with Gasteiger partial charge in [0.25, 0.3) is 0 Å². The van der Waals surface area contributed by atoms with Gasteiger partial charge in [-0.3, -0.25) is 0 Å². The number of nitrogens with zero attached hydrogens (tertiary/aromatic N) is 5. The van der Waals surface area contributed by atoms with Crippen LogP contribution in [0.1, 0.15) is 6.42 Å². The molecule has 0 aliphatic heterocycles. The molecule has 0 aliphatic rings. The minimum atomic E-state index is -1.26. The summed E-state index contributed by atoms with van der Waals surface area (Å²) in [6, 6.07) is 0. The van der Waals surface area contributed by atoms with Crippen molar-refractivity contribution in [3.8, 4) is 0 Å². The lowest BCUT2D eigenvalue weighted by molar-refractivity contribution is 0.169. The molecule has 0 unspecified atom stereocenters. The highest BCUT2D eigenvalue weighted by atomic mass is 32.2. The van der Waals surface area contributed by atoms with Crippen molar-refractivity contribution in [3.63, 3.8) is 0 Å². The van der Waals surface area contributed by atoms with Crippen molar-refractivity contribution in [1.29, 1.82) is 0 Å². The molecule has 0 fully saturated rings. The van der Waals surface area contributed by atoms with Gasteiger partial charge in [-0.05, 0) is 37.5 Å². The molecule has 1 heterocycles. The first-order valence-electron chi connectivity index (χ1n) is 5.58. The molecule has 0 saturated carbocycles. The van der Waals surface area contributed by atoms with Crippen LogP contribution in [-0.2, 0) is 11.7 Å². The normalized spacial score (nSPS) is 10.8. The van der Waals surface area contributed by atoms with E-state index in [1.54, 1.807) is 4.68 Å². The third kappa shape index (κ3) is 5.82. The Hall–Kier alpha value is -1.35. The molecule has 0 aromatic carbocycles. The van der Waals surface area contributed by atoms with Gasteiger partial charge in [0.15, 0.2) is 0 Å². The maximum atomic E-state index is 10.2. The molecule has 1 rings (SSSR count). The van der Waals surface area contributed by atoms with Crippen molar-refractivity contribution < 1.29 is 9.90 Å². The van der Waals surface area contributed by atoms with Crippen LogP contribution in [0.25, 0.3) is 0 Å². The van der Waals surface area contributed by atoms with E-state index in [9.17, 15) is 9.90 Å². The predicted octanol–water partition coefficient (Wildman–Crippen LogP) is -0.143. The fraction of sp³-hybridized carbons (Fsp3) is 0.778. The molecule has 0 spiro atoms. The maximum absolute atomic E-state index is 10.2. The fourth-order valence-corrected chi connectivity index (χ4v) is 2.03. The van der Waals surface area contributed by atoms with Crippen LogP contribution in [-0.4, -0.2) is 64.1 Å². The van der Waals surface area contributed by atoms with Gasteiger partial charge >= 0.3 is 6.09 Å². The van der Waals surface area contributed by atoms with E-state index in [0.717, 1.165) is 19.5 Å². The van der Waals surface area contributed by atoms with E-state index in [-0.39, 0.29) is 0 Å². The quantitative estimate of drug-likeness (QED) is 0.523. The van der Waals surface area contributed by atoms with Crippen LogP contribution in [0.2, 0.25) is 0 Å². The largest absolute Gasteiger partial charge is 0.450 e. The number of hydrogen-bond acceptors (Lipinski definition) is 6. The molecule has 8 nitrogen and oxygen atoms in total. The number of thioether (sulfide) groups is 1. The van der Waals surface area contributed by atoms with E-state index in [4.69, 9.17) is 0 Å². The Balaban J connectivity index is 2.28.